The van der Waals surface area contributed by atoms with E-state index < -0.39 is 17.6 Å². The van der Waals surface area contributed by atoms with Crippen LogP contribution in [0.5, 0.6) is 0 Å². The third-order valence-corrected chi connectivity index (χ3v) is 4.74. The van der Waals surface area contributed by atoms with Crippen LogP contribution in [0, 0.1) is 6.92 Å². The zero-order chi connectivity index (χ0) is 22.2. The average molecular weight is 426 g/mol. The number of carbonyl (C=O) groups is 1. The van der Waals surface area contributed by atoms with E-state index in [-0.39, 0.29) is 17.8 Å². The highest BCUT2D eigenvalue weighted by atomic mass is 19.4. The van der Waals surface area contributed by atoms with Crippen molar-refractivity contribution < 1.29 is 18.0 Å². The molecule has 4 rings (SSSR count). The number of carbonyl (C=O) groups excluding carboxylic acids is 1. The Hall–Kier alpha value is -3.88. The highest BCUT2D eigenvalue weighted by Gasteiger charge is 2.30. The molecule has 0 atom stereocenters. The Morgan fingerprint density at radius 3 is 2.52 bits per heavy atom. The van der Waals surface area contributed by atoms with Crippen molar-refractivity contribution in [1.29, 1.82) is 0 Å². The van der Waals surface area contributed by atoms with E-state index in [0.717, 1.165) is 17.7 Å². The van der Waals surface area contributed by atoms with Gasteiger partial charge in [0, 0.05) is 11.9 Å². The molecule has 0 aliphatic heterocycles. The number of aryl methyl sites for hydroxylation is 1. The van der Waals surface area contributed by atoms with Crippen LogP contribution < -0.4 is 10.9 Å². The van der Waals surface area contributed by atoms with E-state index in [1.54, 1.807) is 24.3 Å². The average Bonchev–Trinajstić information content (AvgIpc) is 3.00. The van der Waals surface area contributed by atoms with Crippen LogP contribution in [0.2, 0.25) is 0 Å². The number of hydrogen-bond donors (Lipinski definition) is 1. The summed E-state index contributed by atoms with van der Waals surface area (Å²) in [6.07, 6.45) is -3.02. The summed E-state index contributed by atoms with van der Waals surface area (Å²) in [4.78, 5) is 29.9. The van der Waals surface area contributed by atoms with Gasteiger partial charge in [-0.1, -0.05) is 23.8 Å². The molecular weight excluding hydrogens is 409 g/mol. The van der Waals surface area contributed by atoms with Crippen LogP contribution in [0.1, 0.15) is 11.1 Å². The molecule has 9 heteroatoms. The van der Waals surface area contributed by atoms with E-state index in [4.69, 9.17) is 0 Å². The van der Waals surface area contributed by atoms with Crippen LogP contribution in [-0.2, 0) is 17.5 Å². The van der Waals surface area contributed by atoms with Crippen LogP contribution in [0.15, 0.2) is 71.7 Å². The molecule has 0 aliphatic carbocycles. The van der Waals surface area contributed by atoms with E-state index >= 15 is 0 Å². The van der Waals surface area contributed by atoms with E-state index in [1.165, 1.54) is 27.7 Å². The van der Waals surface area contributed by atoms with Gasteiger partial charge in [-0.3, -0.25) is 14.3 Å². The van der Waals surface area contributed by atoms with Gasteiger partial charge in [-0.2, -0.15) is 13.2 Å². The summed E-state index contributed by atoms with van der Waals surface area (Å²) in [5.41, 5.74) is 0.634. The number of alkyl halides is 3. The summed E-state index contributed by atoms with van der Waals surface area (Å²) in [5, 5.41) is 2.79. The minimum atomic E-state index is -4.52. The van der Waals surface area contributed by atoms with Crippen molar-refractivity contribution in [2.24, 2.45) is 0 Å². The molecule has 1 amide bonds. The van der Waals surface area contributed by atoms with Gasteiger partial charge in [-0.15, -0.1) is 0 Å². The Bertz CT molecular complexity index is 1320. The number of aromatic nitrogens is 3. The molecule has 31 heavy (non-hydrogen) atoms. The molecule has 6 nitrogen and oxygen atoms in total. The van der Waals surface area contributed by atoms with Gasteiger partial charge in [0.05, 0.1) is 16.6 Å². The number of amides is 1. The summed E-state index contributed by atoms with van der Waals surface area (Å²) in [7, 11) is 0. The molecule has 0 unspecified atom stereocenters. The van der Waals surface area contributed by atoms with Crippen molar-refractivity contribution in [1.82, 2.24) is 14.3 Å². The quantitative estimate of drug-likeness (QED) is 0.533. The number of rotatable bonds is 4. The van der Waals surface area contributed by atoms with Gasteiger partial charge in [-0.25, -0.2) is 9.67 Å². The number of nitrogens with one attached hydrogen (secondary N) is 1. The lowest BCUT2D eigenvalue weighted by atomic mass is 10.2. The molecule has 0 spiro atoms. The third kappa shape index (κ3) is 4.07. The molecule has 1 N–H and O–H groups in total. The molecule has 0 bridgehead atoms. The van der Waals surface area contributed by atoms with Crippen molar-refractivity contribution in [3.8, 4) is 5.69 Å². The SMILES string of the molecule is Cc1ccc(-n2c(=O)c3cccnc3n2CC(=O)Nc2cccc(C(F)(F)F)c2)cc1. The lowest BCUT2D eigenvalue weighted by Crippen LogP contribution is -2.27. The minimum absolute atomic E-state index is 0.00785. The molecule has 2 aromatic carbocycles. The monoisotopic (exact) mass is 426 g/mol. The molecule has 2 aromatic heterocycles. The highest BCUT2D eigenvalue weighted by Crippen LogP contribution is 2.30. The molecule has 2 heterocycles. The van der Waals surface area contributed by atoms with Crippen molar-refractivity contribution in [3.63, 3.8) is 0 Å². The van der Waals surface area contributed by atoms with Crippen LogP contribution in [0.4, 0.5) is 18.9 Å². The normalized spacial score (nSPS) is 11.6. The van der Waals surface area contributed by atoms with Gasteiger partial charge in [0.25, 0.3) is 5.56 Å². The zero-order valence-electron chi connectivity index (χ0n) is 16.3. The van der Waals surface area contributed by atoms with Crippen molar-refractivity contribution in [2.45, 2.75) is 19.6 Å². The Balaban J connectivity index is 1.71. The molecule has 4 aromatic rings. The van der Waals surface area contributed by atoms with Crippen LogP contribution >= 0.6 is 0 Å². The Labute approximate surface area is 174 Å². The fraction of sp³-hybridized carbons (Fsp3) is 0.136. The van der Waals surface area contributed by atoms with Crippen LogP contribution in [-0.4, -0.2) is 20.3 Å². The predicted octanol–water partition coefficient (Wildman–Crippen LogP) is 4.15. The summed E-state index contributed by atoms with van der Waals surface area (Å²) in [5.74, 6) is -0.595. The smallest absolute Gasteiger partial charge is 0.324 e. The number of halogens is 3. The number of fused-ring (bicyclic) bond motifs is 1. The largest absolute Gasteiger partial charge is 0.416 e. The zero-order valence-corrected chi connectivity index (χ0v) is 16.3. The van der Waals surface area contributed by atoms with Gasteiger partial charge in [0.2, 0.25) is 5.91 Å². The Kier molecular flexibility index (Phi) is 5.10. The summed E-state index contributed by atoms with van der Waals surface area (Å²) in [6.45, 7) is 1.59. The topological polar surface area (TPSA) is 68.9 Å². The number of pyridine rings is 1. The first kappa shape index (κ1) is 20.4. The lowest BCUT2D eigenvalue weighted by Gasteiger charge is -2.13. The maximum atomic E-state index is 13.0. The fourth-order valence-corrected chi connectivity index (χ4v) is 3.29. The molecular formula is C22H17F3N4O2. The van der Waals surface area contributed by atoms with Gasteiger partial charge < -0.3 is 5.32 Å². The highest BCUT2D eigenvalue weighted by molar-refractivity contribution is 5.91. The summed E-state index contributed by atoms with van der Waals surface area (Å²) < 4.78 is 41.5. The van der Waals surface area contributed by atoms with E-state index in [2.05, 4.69) is 10.3 Å². The second-order valence-electron chi connectivity index (χ2n) is 7.01. The first-order valence-corrected chi connectivity index (χ1v) is 9.35. The Morgan fingerprint density at radius 2 is 1.81 bits per heavy atom. The van der Waals surface area contributed by atoms with E-state index in [0.29, 0.717) is 16.7 Å². The maximum Gasteiger partial charge on any atom is 0.416 e. The molecule has 0 radical (unpaired) electrons. The fourth-order valence-electron chi connectivity index (χ4n) is 3.29. The molecule has 0 saturated carbocycles. The number of nitrogens with zero attached hydrogens (tertiary/aromatic N) is 3. The minimum Gasteiger partial charge on any atom is -0.324 e. The van der Waals surface area contributed by atoms with Crippen molar-refractivity contribution >= 4 is 22.6 Å². The molecule has 0 saturated heterocycles. The molecule has 158 valence electrons. The first-order chi connectivity index (χ1) is 14.7. The summed E-state index contributed by atoms with van der Waals surface area (Å²) >= 11 is 0. The number of hydrogen-bond acceptors (Lipinski definition) is 3. The number of anilines is 1. The Morgan fingerprint density at radius 1 is 1.06 bits per heavy atom. The van der Waals surface area contributed by atoms with Crippen LogP contribution in [0.3, 0.4) is 0 Å². The van der Waals surface area contributed by atoms with Gasteiger partial charge in [0.1, 0.15) is 6.54 Å². The molecule has 0 fully saturated rings. The first-order valence-electron chi connectivity index (χ1n) is 9.35. The van der Waals surface area contributed by atoms with Crippen molar-refractivity contribution in [2.75, 3.05) is 5.32 Å². The van der Waals surface area contributed by atoms with Crippen LogP contribution in [0.25, 0.3) is 16.7 Å². The van der Waals surface area contributed by atoms with Crippen molar-refractivity contribution in [3.05, 3.63) is 88.3 Å². The van der Waals surface area contributed by atoms with E-state index in [1.807, 2.05) is 19.1 Å². The third-order valence-electron chi connectivity index (χ3n) is 4.74. The summed E-state index contributed by atoms with van der Waals surface area (Å²) in [6, 6.07) is 14.8. The standard InChI is InChI=1S/C22H17F3N4O2/c1-14-7-9-17(10-8-14)29-21(31)18-6-3-11-26-20(18)28(29)13-19(30)27-16-5-2-4-15(12-16)22(23,24)25/h2-12H,13H2,1H3,(H,27,30). The van der Waals surface area contributed by atoms with Gasteiger partial charge in [0.15, 0.2) is 5.65 Å². The number of benzene rings is 2. The van der Waals surface area contributed by atoms with Gasteiger partial charge in [-0.05, 0) is 49.4 Å². The molecule has 0 aliphatic rings. The van der Waals surface area contributed by atoms with Gasteiger partial charge >= 0.3 is 6.18 Å². The second kappa shape index (κ2) is 7.75. The maximum absolute atomic E-state index is 13.0. The lowest BCUT2D eigenvalue weighted by molar-refractivity contribution is -0.137. The van der Waals surface area contributed by atoms with E-state index in [9.17, 15) is 22.8 Å². The second-order valence-corrected chi connectivity index (χ2v) is 7.01. The predicted molar refractivity (Wildman–Crippen MR) is 110 cm³/mol.